The fourth-order valence-electron chi connectivity index (χ4n) is 3.56. The molecule has 0 atom stereocenters. The first-order chi connectivity index (χ1) is 14.7. The highest BCUT2D eigenvalue weighted by molar-refractivity contribution is 5.94. The van der Waals surface area contributed by atoms with E-state index in [1.54, 1.807) is 30.5 Å². The van der Waals surface area contributed by atoms with Crippen molar-refractivity contribution in [1.82, 2.24) is 20.0 Å². The summed E-state index contributed by atoms with van der Waals surface area (Å²) in [5.41, 5.74) is 2.00. The topological polar surface area (TPSA) is 99.2 Å². The van der Waals surface area contributed by atoms with Crippen molar-refractivity contribution in [3.8, 4) is 17.5 Å². The number of aromatic nitrogens is 3. The van der Waals surface area contributed by atoms with Crippen LogP contribution in [0.1, 0.15) is 40.6 Å². The number of rotatable bonds is 4. The first-order valence-electron chi connectivity index (χ1n) is 10.1. The van der Waals surface area contributed by atoms with Crippen molar-refractivity contribution in [1.29, 1.82) is 5.26 Å². The Morgan fingerprint density at radius 1 is 1.07 bits per heavy atom. The number of benzene rings is 1. The minimum Gasteiger partial charge on any atom is -0.353 e. The SMILES string of the molecule is N#Cc1ccc(C(=O)N2CCN(c3ccc(-c4noc(C5CC5)n4)cn3)CC2)cc1. The van der Waals surface area contributed by atoms with Crippen molar-refractivity contribution >= 4 is 11.7 Å². The van der Waals surface area contributed by atoms with E-state index in [0.29, 0.717) is 49.0 Å². The Balaban J connectivity index is 1.20. The first-order valence-corrected chi connectivity index (χ1v) is 10.1. The number of nitriles is 1. The van der Waals surface area contributed by atoms with Crippen molar-refractivity contribution in [2.75, 3.05) is 31.1 Å². The largest absolute Gasteiger partial charge is 0.353 e. The van der Waals surface area contributed by atoms with Gasteiger partial charge in [-0.2, -0.15) is 10.2 Å². The molecule has 1 aliphatic carbocycles. The summed E-state index contributed by atoms with van der Waals surface area (Å²) in [4.78, 5) is 25.7. The summed E-state index contributed by atoms with van der Waals surface area (Å²) >= 11 is 0. The van der Waals surface area contributed by atoms with Gasteiger partial charge in [0.15, 0.2) is 0 Å². The maximum atomic E-state index is 12.7. The molecule has 0 unspecified atom stereocenters. The molecule has 5 rings (SSSR count). The van der Waals surface area contributed by atoms with Gasteiger partial charge in [0.25, 0.3) is 5.91 Å². The zero-order valence-electron chi connectivity index (χ0n) is 16.4. The second-order valence-electron chi connectivity index (χ2n) is 7.60. The molecule has 3 heterocycles. The highest BCUT2D eigenvalue weighted by atomic mass is 16.5. The van der Waals surface area contributed by atoms with Gasteiger partial charge in [-0.25, -0.2) is 4.98 Å². The second-order valence-corrected chi connectivity index (χ2v) is 7.60. The van der Waals surface area contributed by atoms with E-state index in [2.05, 4.69) is 26.1 Å². The van der Waals surface area contributed by atoms with Gasteiger partial charge in [-0.05, 0) is 49.2 Å². The minimum absolute atomic E-state index is 0.00831. The molecule has 8 heteroatoms. The summed E-state index contributed by atoms with van der Waals surface area (Å²) in [5, 5.41) is 12.9. The van der Waals surface area contributed by atoms with E-state index in [0.717, 1.165) is 30.1 Å². The minimum atomic E-state index is -0.00831. The molecule has 0 N–H and O–H groups in total. The van der Waals surface area contributed by atoms with Gasteiger partial charge in [-0.3, -0.25) is 4.79 Å². The maximum absolute atomic E-state index is 12.7. The normalized spacial score (nSPS) is 16.4. The predicted octanol–water partition coefficient (Wildman–Crippen LogP) is 2.84. The number of carbonyl (C=O) groups excluding carboxylic acids is 1. The standard InChI is InChI=1S/C22H20N6O2/c23-13-15-1-3-17(4-2-15)22(29)28-11-9-27(10-12-28)19-8-7-18(14-24-19)20-25-21(30-26-20)16-5-6-16/h1-4,7-8,14,16H,5-6,9-12H2. The lowest BCUT2D eigenvalue weighted by molar-refractivity contribution is 0.0746. The van der Waals surface area contributed by atoms with Crippen LogP contribution in [-0.2, 0) is 0 Å². The molecule has 2 aromatic heterocycles. The number of amides is 1. The molecule has 0 spiro atoms. The maximum Gasteiger partial charge on any atom is 0.253 e. The van der Waals surface area contributed by atoms with Crippen LogP contribution in [0.2, 0.25) is 0 Å². The monoisotopic (exact) mass is 400 g/mol. The van der Waals surface area contributed by atoms with E-state index >= 15 is 0 Å². The Labute approximate surface area is 173 Å². The second kappa shape index (κ2) is 7.59. The van der Waals surface area contributed by atoms with Crippen LogP contribution >= 0.6 is 0 Å². The van der Waals surface area contributed by atoms with Crippen LogP contribution in [0.4, 0.5) is 5.82 Å². The van der Waals surface area contributed by atoms with Gasteiger partial charge in [0.1, 0.15) is 5.82 Å². The molecule has 1 saturated heterocycles. The third-order valence-electron chi connectivity index (χ3n) is 5.53. The molecule has 1 aromatic carbocycles. The highest BCUT2D eigenvalue weighted by Gasteiger charge is 2.30. The molecule has 1 amide bonds. The van der Waals surface area contributed by atoms with Crippen LogP contribution in [0, 0.1) is 11.3 Å². The van der Waals surface area contributed by atoms with Gasteiger partial charge >= 0.3 is 0 Å². The molecule has 0 radical (unpaired) electrons. The van der Waals surface area contributed by atoms with Gasteiger partial charge < -0.3 is 14.3 Å². The number of anilines is 1. The van der Waals surface area contributed by atoms with Crippen LogP contribution in [0.5, 0.6) is 0 Å². The van der Waals surface area contributed by atoms with Crippen molar-refractivity contribution in [3.63, 3.8) is 0 Å². The van der Waals surface area contributed by atoms with Crippen LogP contribution in [-0.4, -0.2) is 52.1 Å². The summed E-state index contributed by atoms with van der Waals surface area (Å²) in [6.07, 6.45) is 4.02. The molecule has 1 aliphatic heterocycles. The number of hydrogen-bond donors (Lipinski definition) is 0. The van der Waals surface area contributed by atoms with Gasteiger partial charge in [0.05, 0.1) is 11.6 Å². The van der Waals surface area contributed by atoms with Gasteiger partial charge in [-0.1, -0.05) is 5.16 Å². The average Bonchev–Trinajstić information content (AvgIpc) is 3.55. The lowest BCUT2D eigenvalue weighted by atomic mass is 10.1. The lowest BCUT2D eigenvalue weighted by Crippen LogP contribution is -2.49. The van der Waals surface area contributed by atoms with E-state index in [9.17, 15) is 4.79 Å². The van der Waals surface area contributed by atoms with Crippen LogP contribution in [0.15, 0.2) is 47.1 Å². The van der Waals surface area contributed by atoms with E-state index in [1.165, 1.54) is 0 Å². The Morgan fingerprint density at radius 3 is 2.47 bits per heavy atom. The van der Waals surface area contributed by atoms with E-state index in [-0.39, 0.29) is 5.91 Å². The van der Waals surface area contributed by atoms with Crippen LogP contribution in [0.25, 0.3) is 11.4 Å². The molecule has 150 valence electrons. The molecule has 2 fully saturated rings. The molecule has 30 heavy (non-hydrogen) atoms. The summed E-state index contributed by atoms with van der Waals surface area (Å²) in [5.74, 6) is 2.59. The van der Waals surface area contributed by atoms with Gasteiger partial charge in [0.2, 0.25) is 11.7 Å². The van der Waals surface area contributed by atoms with E-state index < -0.39 is 0 Å². The fraction of sp³-hybridized carbons (Fsp3) is 0.318. The lowest BCUT2D eigenvalue weighted by Gasteiger charge is -2.35. The van der Waals surface area contributed by atoms with Crippen molar-refractivity contribution in [2.24, 2.45) is 0 Å². The smallest absolute Gasteiger partial charge is 0.253 e. The molecule has 8 nitrogen and oxygen atoms in total. The quantitative estimate of drug-likeness (QED) is 0.664. The molecule has 2 aliphatic rings. The third kappa shape index (κ3) is 3.62. The van der Waals surface area contributed by atoms with Crippen LogP contribution < -0.4 is 4.90 Å². The predicted molar refractivity (Wildman–Crippen MR) is 109 cm³/mol. The average molecular weight is 400 g/mol. The highest BCUT2D eigenvalue weighted by Crippen LogP contribution is 2.39. The zero-order chi connectivity index (χ0) is 20.5. The molecule has 3 aromatic rings. The summed E-state index contributed by atoms with van der Waals surface area (Å²) in [7, 11) is 0. The number of piperazine rings is 1. The summed E-state index contributed by atoms with van der Waals surface area (Å²) in [6, 6.07) is 12.7. The first kappa shape index (κ1) is 18.3. The van der Waals surface area contributed by atoms with Gasteiger partial charge in [0, 0.05) is 49.4 Å². The summed E-state index contributed by atoms with van der Waals surface area (Å²) in [6.45, 7) is 2.67. The van der Waals surface area contributed by atoms with Gasteiger partial charge in [-0.15, -0.1) is 0 Å². The van der Waals surface area contributed by atoms with Crippen molar-refractivity contribution < 1.29 is 9.32 Å². The summed E-state index contributed by atoms with van der Waals surface area (Å²) < 4.78 is 5.32. The van der Waals surface area contributed by atoms with E-state index in [4.69, 9.17) is 9.78 Å². The van der Waals surface area contributed by atoms with Crippen molar-refractivity contribution in [3.05, 3.63) is 59.6 Å². The van der Waals surface area contributed by atoms with Crippen LogP contribution in [0.3, 0.4) is 0 Å². The zero-order valence-corrected chi connectivity index (χ0v) is 16.4. The third-order valence-corrected chi connectivity index (χ3v) is 5.53. The van der Waals surface area contributed by atoms with Crippen molar-refractivity contribution in [2.45, 2.75) is 18.8 Å². The Kier molecular flexibility index (Phi) is 4.64. The Bertz CT molecular complexity index is 1090. The number of pyridine rings is 1. The Morgan fingerprint density at radius 2 is 1.83 bits per heavy atom. The fourth-order valence-corrected chi connectivity index (χ4v) is 3.56. The molecule has 0 bridgehead atoms. The molecule has 1 saturated carbocycles. The number of nitrogens with zero attached hydrogens (tertiary/aromatic N) is 6. The Hall–Kier alpha value is -3.73. The molecular formula is C22H20N6O2. The van der Waals surface area contributed by atoms with E-state index in [1.807, 2.05) is 17.0 Å². The number of carbonyl (C=O) groups is 1. The number of hydrogen-bond acceptors (Lipinski definition) is 7. The molecular weight excluding hydrogens is 380 g/mol.